The van der Waals surface area contributed by atoms with E-state index in [1.807, 2.05) is 11.8 Å². The molecule has 2 aromatic rings. The first-order valence-electron chi connectivity index (χ1n) is 14.0. The van der Waals surface area contributed by atoms with E-state index in [0.29, 0.717) is 56.0 Å². The second kappa shape index (κ2) is 11.7. The molecule has 2 amide bonds. The van der Waals surface area contributed by atoms with Gasteiger partial charge in [-0.2, -0.15) is 5.10 Å². The van der Waals surface area contributed by atoms with Gasteiger partial charge in [-0.3, -0.25) is 14.3 Å². The third-order valence-corrected chi connectivity index (χ3v) is 8.18. The van der Waals surface area contributed by atoms with Gasteiger partial charge in [-0.05, 0) is 88.0 Å². The van der Waals surface area contributed by atoms with Gasteiger partial charge in [0, 0.05) is 50.5 Å². The molecule has 3 aliphatic heterocycles. The Balaban J connectivity index is 1.18. The van der Waals surface area contributed by atoms with Gasteiger partial charge >= 0.3 is 5.97 Å². The minimum atomic E-state index is -0.402. The first-order valence-corrected chi connectivity index (χ1v) is 14.0. The predicted octanol–water partition coefficient (Wildman–Crippen LogP) is 3.40. The summed E-state index contributed by atoms with van der Waals surface area (Å²) in [7, 11) is 0. The van der Waals surface area contributed by atoms with Crippen molar-refractivity contribution < 1.29 is 23.9 Å². The van der Waals surface area contributed by atoms with E-state index in [1.165, 1.54) is 6.42 Å². The number of nitrogens with one attached hydrogen (secondary N) is 1. The molecule has 0 aliphatic carbocycles. The van der Waals surface area contributed by atoms with Gasteiger partial charge < -0.3 is 19.7 Å². The number of carbonyl (C=O) groups excluding carboxylic acids is 3. The third-order valence-electron chi connectivity index (χ3n) is 8.18. The fourth-order valence-electron chi connectivity index (χ4n) is 5.88. The molecule has 9 nitrogen and oxygen atoms in total. The molecule has 1 N–H and O–H groups in total. The molecule has 2 fully saturated rings. The molecule has 0 saturated carbocycles. The molecule has 1 aromatic carbocycles. The van der Waals surface area contributed by atoms with E-state index in [9.17, 15) is 14.4 Å². The molecule has 0 atom stereocenters. The smallest absolute Gasteiger partial charge is 0.338 e. The highest BCUT2D eigenvalue weighted by molar-refractivity contribution is 5.96. The Labute approximate surface area is 223 Å². The number of likely N-dealkylation sites (tertiary alicyclic amines) is 1. The van der Waals surface area contributed by atoms with Crippen LogP contribution in [0, 0.1) is 5.41 Å². The molecular formula is C29H38N4O5. The van der Waals surface area contributed by atoms with Crippen LogP contribution in [0.2, 0.25) is 0 Å². The fourth-order valence-corrected chi connectivity index (χ4v) is 5.88. The Hall–Kier alpha value is -3.20. The van der Waals surface area contributed by atoms with Crippen molar-refractivity contribution in [3.05, 3.63) is 52.3 Å². The Kier molecular flexibility index (Phi) is 8.12. The summed E-state index contributed by atoms with van der Waals surface area (Å²) >= 11 is 0. The number of aryl methyl sites for hydroxylation is 2. The largest absolute Gasteiger partial charge is 0.462 e. The summed E-state index contributed by atoms with van der Waals surface area (Å²) in [6, 6.07) is 6.73. The number of amides is 2. The van der Waals surface area contributed by atoms with Gasteiger partial charge in [0.05, 0.1) is 17.9 Å². The van der Waals surface area contributed by atoms with E-state index in [-0.39, 0.29) is 23.8 Å². The molecule has 3 aliphatic rings. The second-order valence-corrected chi connectivity index (χ2v) is 10.7. The van der Waals surface area contributed by atoms with Gasteiger partial charge in [0.25, 0.3) is 11.8 Å². The second-order valence-electron chi connectivity index (χ2n) is 10.7. The molecule has 204 valence electrons. The van der Waals surface area contributed by atoms with Crippen LogP contribution < -0.4 is 5.32 Å². The van der Waals surface area contributed by atoms with Crippen molar-refractivity contribution in [2.45, 2.75) is 64.8 Å². The number of aromatic nitrogens is 2. The van der Waals surface area contributed by atoms with Gasteiger partial charge in [-0.25, -0.2) is 4.79 Å². The number of piperidine rings is 1. The van der Waals surface area contributed by atoms with Crippen molar-refractivity contribution in [3.8, 4) is 0 Å². The monoisotopic (exact) mass is 522 g/mol. The summed E-state index contributed by atoms with van der Waals surface area (Å²) in [5.41, 5.74) is 3.65. The van der Waals surface area contributed by atoms with Crippen LogP contribution in [-0.2, 0) is 28.9 Å². The number of fused-ring (bicyclic) bond motifs is 1. The molecule has 5 rings (SSSR count). The summed E-state index contributed by atoms with van der Waals surface area (Å²) in [6.45, 7) is 6.55. The maximum absolute atomic E-state index is 13.0. The van der Waals surface area contributed by atoms with E-state index >= 15 is 0 Å². The number of ether oxygens (including phenoxy) is 2. The highest BCUT2D eigenvalue weighted by Crippen LogP contribution is 2.37. The van der Waals surface area contributed by atoms with Crippen LogP contribution in [0.15, 0.2) is 24.3 Å². The summed E-state index contributed by atoms with van der Waals surface area (Å²) in [5, 5.41) is 7.90. The van der Waals surface area contributed by atoms with Crippen LogP contribution in [0.1, 0.15) is 87.9 Å². The first-order chi connectivity index (χ1) is 18.5. The number of rotatable bonds is 7. The van der Waals surface area contributed by atoms with Crippen LogP contribution in [0.25, 0.3) is 0 Å². The molecule has 0 unspecified atom stereocenters. The Bertz CT molecular complexity index is 1160. The molecule has 0 bridgehead atoms. The van der Waals surface area contributed by atoms with Crippen LogP contribution in [0.5, 0.6) is 0 Å². The lowest BCUT2D eigenvalue weighted by Gasteiger charge is -2.36. The lowest BCUT2D eigenvalue weighted by molar-refractivity contribution is 0.0160. The Morgan fingerprint density at radius 2 is 1.79 bits per heavy atom. The van der Waals surface area contributed by atoms with Crippen LogP contribution in [0.3, 0.4) is 0 Å². The number of hydrogen-bond donors (Lipinski definition) is 1. The molecule has 1 spiro atoms. The quantitative estimate of drug-likeness (QED) is 0.442. The van der Waals surface area contributed by atoms with E-state index in [0.717, 1.165) is 56.5 Å². The molecule has 0 radical (unpaired) electrons. The normalized spacial score (nSPS) is 19.0. The standard InChI is InChI=1S/C29H38N4O5/c1-2-33-25-23(19-29(20-30-26(25)34)12-17-37-18-13-29)24(31-33)7-6-16-38-28(36)22-10-8-21(9-11-22)27(35)32-14-4-3-5-15-32/h8-11H,2-7,12-20H2,1H3,(H,30,34). The molecule has 9 heteroatoms. The lowest BCUT2D eigenvalue weighted by Crippen LogP contribution is -2.40. The predicted molar refractivity (Wildman–Crippen MR) is 141 cm³/mol. The maximum Gasteiger partial charge on any atom is 0.338 e. The van der Waals surface area contributed by atoms with Crippen LogP contribution >= 0.6 is 0 Å². The number of nitrogens with zero attached hydrogens (tertiary/aromatic N) is 3. The first kappa shape index (κ1) is 26.4. The van der Waals surface area contributed by atoms with Crippen LogP contribution in [-0.4, -0.2) is 71.9 Å². The van der Waals surface area contributed by atoms with Crippen molar-refractivity contribution in [2.24, 2.45) is 5.41 Å². The molecule has 2 saturated heterocycles. The van der Waals surface area contributed by atoms with E-state index < -0.39 is 5.97 Å². The van der Waals surface area contributed by atoms with Gasteiger partial charge in [-0.1, -0.05) is 0 Å². The van der Waals surface area contributed by atoms with Gasteiger partial charge in [0.15, 0.2) is 0 Å². The van der Waals surface area contributed by atoms with Gasteiger partial charge in [0.1, 0.15) is 5.69 Å². The average molecular weight is 523 g/mol. The minimum absolute atomic E-state index is 0.00350. The number of benzene rings is 1. The zero-order valence-electron chi connectivity index (χ0n) is 22.3. The molecule has 4 heterocycles. The topological polar surface area (TPSA) is 103 Å². The fraction of sp³-hybridized carbons (Fsp3) is 0.586. The van der Waals surface area contributed by atoms with E-state index in [1.54, 1.807) is 28.9 Å². The maximum atomic E-state index is 13.0. The van der Waals surface area contributed by atoms with Crippen molar-refractivity contribution in [1.82, 2.24) is 20.0 Å². The summed E-state index contributed by atoms with van der Waals surface area (Å²) in [4.78, 5) is 40.1. The van der Waals surface area contributed by atoms with Crippen molar-refractivity contribution in [2.75, 3.05) is 39.5 Å². The van der Waals surface area contributed by atoms with Crippen molar-refractivity contribution in [1.29, 1.82) is 0 Å². The Morgan fingerprint density at radius 3 is 2.50 bits per heavy atom. The SMILES string of the molecule is CCn1nc(CCCOC(=O)c2ccc(C(=O)N3CCCCC3)cc2)c2c1C(=O)NCC1(CCOCC1)C2. The summed E-state index contributed by atoms with van der Waals surface area (Å²) in [5.74, 6) is -0.440. The Morgan fingerprint density at radius 1 is 1.08 bits per heavy atom. The van der Waals surface area contributed by atoms with E-state index in [4.69, 9.17) is 14.6 Å². The minimum Gasteiger partial charge on any atom is -0.462 e. The van der Waals surface area contributed by atoms with E-state index in [2.05, 4.69) is 5.32 Å². The third kappa shape index (κ3) is 5.62. The van der Waals surface area contributed by atoms with Crippen LogP contribution in [0.4, 0.5) is 0 Å². The zero-order valence-corrected chi connectivity index (χ0v) is 22.3. The highest BCUT2D eigenvalue weighted by atomic mass is 16.5. The molecule has 1 aromatic heterocycles. The summed E-state index contributed by atoms with van der Waals surface area (Å²) < 4.78 is 12.9. The summed E-state index contributed by atoms with van der Waals surface area (Å²) in [6.07, 6.45) is 7.15. The lowest BCUT2D eigenvalue weighted by atomic mass is 9.75. The average Bonchev–Trinajstić information content (AvgIpc) is 3.24. The molecule has 38 heavy (non-hydrogen) atoms. The van der Waals surface area contributed by atoms with Gasteiger partial charge in [0.2, 0.25) is 0 Å². The number of esters is 1. The zero-order chi connectivity index (χ0) is 26.5. The molecular weight excluding hydrogens is 484 g/mol. The van der Waals surface area contributed by atoms with Gasteiger partial charge in [-0.15, -0.1) is 0 Å². The van der Waals surface area contributed by atoms with Crippen molar-refractivity contribution in [3.63, 3.8) is 0 Å². The highest BCUT2D eigenvalue weighted by Gasteiger charge is 2.39. The van der Waals surface area contributed by atoms with Crippen molar-refractivity contribution >= 4 is 17.8 Å². The number of hydrogen-bond acceptors (Lipinski definition) is 6. The number of carbonyl (C=O) groups is 3.